The normalized spacial score (nSPS) is 11.0. The van der Waals surface area contributed by atoms with Crippen LogP contribution in [-0.4, -0.2) is 32.5 Å². The molecule has 0 aliphatic rings. The van der Waals surface area contributed by atoms with Crippen molar-refractivity contribution in [3.8, 4) is 22.6 Å². The van der Waals surface area contributed by atoms with Gasteiger partial charge in [-0.3, -0.25) is 14.8 Å². The molecule has 0 spiro atoms. The summed E-state index contributed by atoms with van der Waals surface area (Å²) in [6.45, 7) is 0. The molecule has 0 radical (unpaired) electrons. The van der Waals surface area contributed by atoms with E-state index < -0.39 is 0 Å². The first-order valence-corrected chi connectivity index (χ1v) is 12.1. The van der Waals surface area contributed by atoms with Crippen molar-refractivity contribution in [2.24, 2.45) is 7.05 Å². The lowest BCUT2D eigenvalue weighted by molar-refractivity contribution is 0.0958. The number of carbonyl (C=O) groups excluding carboxylic acids is 1. The summed E-state index contributed by atoms with van der Waals surface area (Å²) in [6.07, 6.45) is 3.45. The van der Waals surface area contributed by atoms with Crippen LogP contribution in [-0.2, 0) is 7.05 Å². The first-order chi connectivity index (χ1) is 18.6. The number of ether oxygens (including phenoxy) is 1. The smallest absolute Gasteiger partial charge is 0.269 e. The molecule has 0 fully saturated rings. The van der Waals surface area contributed by atoms with Crippen molar-refractivity contribution in [3.63, 3.8) is 0 Å². The molecular weight excluding hydrogens is 476 g/mol. The lowest BCUT2D eigenvalue weighted by atomic mass is 10.0. The Morgan fingerprint density at radius 1 is 0.842 bits per heavy atom. The van der Waals surface area contributed by atoms with Gasteiger partial charge < -0.3 is 19.9 Å². The van der Waals surface area contributed by atoms with Gasteiger partial charge in [0.25, 0.3) is 5.91 Å². The number of anilines is 2. The molecule has 1 amide bonds. The Kier molecular flexibility index (Phi) is 5.89. The maximum absolute atomic E-state index is 11.9. The quantitative estimate of drug-likeness (QED) is 0.288. The van der Waals surface area contributed by atoms with Gasteiger partial charge in [0.1, 0.15) is 17.2 Å². The van der Waals surface area contributed by atoms with Gasteiger partial charge in [-0.15, -0.1) is 0 Å². The highest BCUT2D eigenvalue weighted by molar-refractivity contribution is 5.92. The maximum atomic E-state index is 11.9. The molecule has 3 heterocycles. The first kappa shape index (κ1) is 23.2. The number of aryl methyl sites for hydroxylation is 1. The van der Waals surface area contributed by atoms with Crippen molar-refractivity contribution in [2.45, 2.75) is 0 Å². The molecule has 38 heavy (non-hydrogen) atoms. The Morgan fingerprint density at radius 2 is 1.71 bits per heavy atom. The fourth-order valence-corrected chi connectivity index (χ4v) is 4.35. The van der Waals surface area contributed by atoms with E-state index >= 15 is 0 Å². The number of pyridine rings is 2. The van der Waals surface area contributed by atoms with Gasteiger partial charge in [-0.25, -0.2) is 4.98 Å². The minimum absolute atomic E-state index is 0.271. The highest BCUT2D eigenvalue weighted by atomic mass is 16.5. The van der Waals surface area contributed by atoms with Gasteiger partial charge in [0.15, 0.2) is 0 Å². The van der Waals surface area contributed by atoms with Gasteiger partial charge in [-0.2, -0.15) is 0 Å². The summed E-state index contributed by atoms with van der Waals surface area (Å²) in [7, 11) is 3.53. The molecule has 0 atom stereocenters. The molecule has 0 unspecified atom stereocenters. The topological polar surface area (TPSA) is 94.0 Å². The van der Waals surface area contributed by atoms with Crippen LogP contribution in [0, 0.1) is 0 Å². The van der Waals surface area contributed by atoms with E-state index in [1.165, 1.54) is 0 Å². The number of fused-ring (bicyclic) bond motifs is 2. The zero-order valence-corrected chi connectivity index (χ0v) is 20.8. The fraction of sp³-hybridized carbons (Fsp3) is 0.0667. The number of benzene rings is 3. The SMILES string of the molecule is CNC(=O)c1cc(Oc2ccc3c(c2)nc(Nc2cccc(-c4cnc5ccccc5c4)c2)n3C)ccn1. The number of hydrogen-bond acceptors (Lipinski definition) is 6. The van der Waals surface area contributed by atoms with Gasteiger partial charge in [0.05, 0.1) is 16.6 Å². The third kappa shape index (κ3) is 4.51. The standard InChI is InChI=1S/C30H24N6O2/c1-31-29(37)27-17-24(12-13-32-27)38-23-10-11-28-26(16-23)35-30(36(28)2)34-22-8-5-7-19(15-22)21-14-20-6-3-4-9-25(20)33-18-21/h3-18H,1-2H3,(H,31,37)(H,34,35). The van der Waals surface area contributed by atoms with Crippen molar-refractivity contribution in [3.05, 3.63) is 103 Å². The molecule has 3 aromatic carbocycles. The molecule has 8 heteroatoms. The van der Waals surface area contributed by atoms with Crippen molar-refractivity contribution < 1.29 is 9.53 Å². The number of aromatic nitrogens is 4. The van der Waals surface area contributed by atoms with Crippen LogP contribution in [0.2, 0.25) is 0 Å². The van der Waals surface area contributed by atoms with E-state index in [1.807, 2.05) is 66.3 Å². The van der Waals surface area contributed by atoms with E-state index in [2.05, 4.69) is 44.9 Å². The zero-order valence-electron chi connectivity index (χ0n) is 20.8. The van der Waals surface area contributed by atoms with Crippen LogP contribution in [0.25, 0.3) is 33.1 Å². The summed E-state index contributed by atoms with van der Waals surface area (Å²) in [5, 5.41) is 7.11. The van der Waals surface area contributed by atoms with E-state index in [1.54, 1.807) is 25.4 Å². The van der Waals surface area contributed by atoms with E-state index in [4.69, 9.17) is 9.72 Å². The summed E-state index contributed by atoms with van der Waals surface area (Å²) < 4.78 is 7.99. The summed E-state index contributed by atoms with van der Waals surface area (Å²) in [5.41, 5.74) is 6.04. The number of nitrogens with zero attached hydrogens (tertiary/aromatic N) is 4. The van der Waals surface area contributed by atoms with E-state index in [9.17, 15) is 4.79 Å². The maximum Gasteiger partial charge on any atom is 0.269 e. The van der Waals surface area contributed by atoms with Crippen LogP contribution < -0.4 is 15.4 Å². The molecule has 0 saturated carbocycles. The van der Waals surface area contributed by atoms with Crippen LogP contribution in [0.4, 0.5) is 11.6 Å². The molecule has 0 aliphatic carbocycles. The van der Waals surface area contributed by atoms with Crippen LogP contribution >= 0.6 is 0 Å². The number of amides is 1. The molecule has 0 aliphatic heterocycles. The minimum Gasteiger partial charge on any atom is -0.457 e. The van der Waals surface area contributed by atoms with Crippen LogP contribution in [0.3, 0.4) is 0 Å². The number of nitrogens with one attached hydrogen (secondary N) is 2. The third-order valence-corrected chi connectivity index (χ3v) is 6.32. The fourth-order valence-electron chi connectivity index (χ4n) is 4.35. The third-order valence-electron chi connectivity index (χ3n) is 6.32. The average molecular weight is 501 g/mol. The second-order valence-corrected chi connectivity index (χ2v) is 8.83. The molecule has 6 rings (SSSR count). The summed E-state index contributed by atoms with van der Waals surface area (Å²) in [4.78, 5) is 25.4. The van der Waals surface area contributed by atoms with Gasteiger partial charge in [-0.1, -0.05) is 30.3 Å². The number of carbonyl (C=O) groups is 1. The van der Waals surface area contributed by atoms with Crippen molar-refractivity contribution in [1.82, 2.24) is 24.8 Å². The van der Waals surface area contributed by atoms with E-state index in [0.717, 1.165) is 38.8 Å². The summed E-state index contributed by atoms with van der Waals surface area (Å²) in [5.74, 6) is 1.57. The Labute approximate surface area is 219 Å². The van der Waals surface area contributed by atoms with Crippen LogP contribution in [0.5, 0.6) is 11.5 Å². The van der Waals surface area contributed by atoms with Gasteiger partial charge in [0, 0.05) is 55.3 Å². The predicted octanol–water partition coefficient (Wildman–Crippen LogP) is 6.08. The summed E-state index contributed by atoms with van der Waals surface area (Å²) >= 11 is 0. The molecule has 2 N–H and O–H groups in total. The predicted molar refractivity (Wildman–Crippen MR) is 149 cm³/mol. The van der Waals surface area contributed by atoms with Gasteiger partial charge in [0.2, 0.25) is 5.95 Å². The molecule has 8 nitrogen and oxygen atoms in total. The van der Waals surface area contributed by atoms with Crippen LogP contribution in [0.1, 0.15) is 10.5 Å². The Balaban J connectivity index is 1.25. The van der Waals surface area contributed by atoms with E-state index in [-0.39, 0.29) is 11.6 Å². The second kappa shape index (κ2) is 9.67. The molecular formula is C30H24N6O2. The van der Waals surface area contributed by atoms with E-state index in [0.29, 0.717) is 17.4 Å². The zero-order chi connectivity index (χ0) is 26.1. The van der Waals surface area contributed by atoms with Gasteiger partial charge >= 0.3 is 0 Å². The molecule has 0 saturated heterocycles. The Hall–Kier alpha value is -5.24. The molecule has 186 valence electrons. The second-order valence-electron chi connectivity index (χ2n) is 8.83. The Morgan fingerprint density at radius 3 is 2.61 bits per heavy atom. The number of imidazole rings is 1. The lowest BCUT2D eigenvalue weighted by Crippen LogP contribution is -2.18. The Bertz CT molecular complexity index is 1810. The lowest BCUT2D eigenvalue weighted by Gasteiger charge is -2.09. The average Bonchev–Trinajstić information content (AvgIpc) is 3.26. The highest BCUT2D eigenvalue weighted by Gasteiger charge is 2.12. The van der Waals surface area contributed by atoms with Gasteiger partial charge in [-0.05, 0) is 48.0 Å². The first-order valence-electron chi connectivity index (χ1n) is 12.1. The largest absolute Gasteiger partial charge is 0.457 e. The van der Waals surface area contributed by atoms with Crippen molar-refractivity contribution >= 4 is 39.5 Å². The number of rotatable bonds is 6. The highest BCUT2D eigenvalue weighted by Crippen LogP contribution is 2.30. The van der Waals surface area contributed by atoms with Crippen molar-refractivity contribution in [2.75, 3.05) is 12.4 Å². The molecule has 6 aromatic rings. The molecule has 3 aromatic heterocycles. The molecule has 0 bridgehead atoms. The summed E-state index contributed by atoms with van der Waals surface area (Å²) in [6, 6.07) is 27.5. The monoisotopic (exact) mass is 500 g/mol. The van der Waals surface area contributed by atoms with Crippen molar-refractivity contribution in [1.29, 1.82) is 0 Å². The number of hydrogen-bond donors (Lipinski definition) is 2. The van der Waals surface area contributed by atoms with Crippen LogP contribution in [0.15, 0.2) is 97.3 Å². The number of para-hydroxylation sites is 1. The minimum atomic E-state index is -0.271.